The number of benzene rings is 1. The Kier molecular flexibility index (Phi) is 6.38. The molecular weight excluding hydrogens is 356 g/mol. The summed E-state index contributed by atoms with van der Waals surface area (Å²) in [6.07, 6.45) is 2.31. The lowest BCUT2D eigenvalue weighted by Gasteiger charge is -2.09. The molecule has 0 fully saturated rings. The maximum absolute atomic E-state index is 12.1. The van der Waals surface area contributed by atoms with E-state index in [9.17, 15) is 13.2 Å². The summed E-state index contributed by atoms with van der Waals surface area (Å²) in [5, 5.41) is -0.160. The fraction of sp³-hybridized carbons (Fsp3) is 0.412. The van der Waals surface area contributed by atoms with Gasteiger partial charge in [0.25, 0.3) is 15.9 Å². The van der Waals surface area contributed by atoms with Gasteiger partial charge in [-0.05, 0) is 43.5 Å². The standard InChI is InChI=1S/C17H24N4O4S/c1-12(2)9-10-25-15-7-5-14(6-8-15)17(22)19-20-26(23,24)16-11-21(4)13(3)18-16/h5-8,11-12,20H,9-10H2,1-4H3,(H,19,22). The van der Waals surface area contributed by atoms with Crippen molar-refractivity contribution in [3.63, 3.8) is 0 Å². The molecule has 1 amide bonds. The van der Waals surface area contributed by atoms with E-state index in [0.717, 1.165) is 6.42 Å². The monoisotopic (exact) mass is 380 g/mol. The summed E-state index contributed by atoms with van der Waals surface area (Å²) in [5.74, 6) is 1.18. The van der Waals surface area contributed by atoms with Crippen LogP contribution in [0.4, 0.5) is 0 Å². The molecule has 9 heteroatoms. The van der Waals surface area contributed by atoms with Gasteiger partial charge in [-0.25, -0.2) is 13.4 Å². The van der Waals surface area contributed by atoms with Gasteiger partial charge >= 0.3 is 0 Å². The average Bonchev–Trinajstić information content (AvgIpc) is 2.93. The maximum Gasteiger partial charge on any atom is 0.276 e. The van der Waals surface area contributed by atoms with Crippen molar-refractivity contribution in [1.29, 1.82) is 0 Å². The molecule has 0 unspecified atom stereocenters. The number of carbonyl (C=O) groups excluding carboxylic acids is 1. The first-order chi connectivity index (χ1) is 12.2. The molecule has 2 rings (SSSR count). The number of imidazole rings is 1. The van der Waals surface area contributed by atoms with E-state index in [2.05, 4.69) is 24.3 Å². The third-order valence-corrected chi connectivity index (χ3v) is 4.86. The van der Waals surface area contributed by atoms with E-state index in [-0.39, 0.29) is 5.03 Å². The van der Waals surface area contributed by atoms with Gasteiger partial charge in [-0.2, -0.15) is 0 Å². The number of nitrogens with one attached hydrogen (secondary N) is 2. The van der Waals surface area contributed by atoms with Crippen LogP contribution >= 0.6 is 0 Å². The van der Waals surface area contributed by atoms with Crippen molar-refractivity contribution in [3.8, 4) is 5.75 Å². The molecule has 1 aromatic heterocycles. The van der Waals surface area contributed by atoms with Crippen LogP contribution in [0.5, 0.6) is 5.75 Å². The van der Waals surface area contributed by atoms with Gasteiger partial charge in [0.2, 0.25) is 0 Å². The number of nitrogens with zero attached hydrogens (tertiary/aromatic N) is 2. The number of hydrogen-bond acceptors (Lipinski definition) is 5. The number of aromatic nitrogens is 2. The molecule has 0 saturated carbocycles. The van der Waals surface area contributed by atoms with E-state index in [1.165, 1.54) is 6.20 Å². The summed E-state index contributed by atoms with van der Waals surface area (Å²) in [7, 11) is -2.25. The Hall–Kier alpha value is -2.39. The number of carbonyl (C=O) groups is 1. The zero-order chi connectivity index (χ0) is 19.3. The van der Waals surface area contributed by atoms with Gasteiger partial charge in [-0.3, -0.25) is 10.2 Å². The molecule has 0 spiro atoms. The molecule has 1 heterocycles. The van der Waals surface area contributed by atoms with Gasteiger partial charge in [0.05, 0.1) is 6.61 Å². The first kappa shape index (κ1) is 19.9. The van der Waals surface area contributed by atoms with Crippen molar-refractivity contribution < 1.29 is 17.9 Å². The van der Waals surface area contributed by atoms with Crippen LogP contribution in [-0.4, -0.2) is 30.5 Å². The van der Waals surface area contributed by atoms with Crippen LogP contribution in [0.3, 0.4) is 0 Å². The number of hydrogen-bond donors (Lipinski definition) is 2. The van der Waals surface area contributed by atoms with E-state index >= 15 is 0 Å². The van der Waals surface area contributed by atoms with Gasteiger partial charge in [0.15, 0.2) is 5.03 Å². The van der Waals surface area contributed by atoms with E-state index in [0.29, 0.717) is 29.7 Å². The first-order valence-electron chi connectivity index (χ1n) is 8.24. The number of aryl methyl sites for hydroxylation is 2. The van der Waals surface area contributed by atoms with Gasteiger partial charge < -0.3 is 9.30 Å². The van der Waals surface area contributed by atoms with E-state index in [1.54, 1.807) is 42.8 Å². The Balaban J connectivity index is 1.93. The number of hydrazine groups is 1. The van der Waals surface area contributed by atoms with Gasteiger partial charge in [-0.1, -0.05) is 13.8 Å². The van der Waals surface area contributed by atoms with Crippen molar-refractivity contribution >= 4 is 15.9 Å². The summed E-state index contributed by atoms with van der Waals surface area (Å²) in [5.41, 5.74) is 2.48. The molecule has 0 saturated heterocycles. The van der Waals surface area contributed by atoms with Crippen molar-refractivity contribution in [2.24, 2.45) is 13.0 Å². The number of amides is 1. The van der Waals surface area contributed by atoms with Crippen LogP contribution in [0.1, 0.15) is 36.5 Å². The first-order valence-corrected chi connectivity index (χ1v) is 9.72. The molecule has 2 N–H and O–H groups in total. The number of sulfonamides is 1. The Bertz CT molecular complexity index is 838. The third kappa shape index (κ3) is 5.30. The quantitative estimate of drug-likeness (QED) is 0.680. The molecule has 0 aliphatic heterocycles. The minimum absolute atomic E-state index is 0.160. The Labute approximate surface area is 153 Å². The summed E-state index contributed by atoms with van der Waals surface area (Å²) in [6, 6.07) is 6.48. The van der Waals surface area contributed by atoms with Crippen molar-refractivity contribution in [3.05, 3.63) is 41.9 Å². The van der Waals surface area contributed by atoms with Crippen LogP contribution in [0, 0.1) is 12.8 Å². The van der Waals surface area contributed by atoms with Crippen LogP contribution in [0.2, 0.25) is 0 Å². The second kappa shape index (κ2) is 8.33. The average molecular weight is 380 g/mol. The highest BCUT2D eigenvalue weighted by Gasteiger charge is 2.19. The van der Waals surface area contributed by atoms with Gasteiger partial charge in [0.1, 0.15) is 11.6 Å². The predicted molar refractivity (Wildman–Crippen MR) is 97.1 cm³/mol. The highest BCUT2D eigenvalue weighted by atomic mass is 32.2. The van der Waals surface area contributed by atoms with Crippen molar-refractivity contribution in [2.75, 3.05) is 6.61 Å². The SMILES string of the molecule is Cc1nc(S(=O)(=O)NNC(=O)c2ccc(OCCC(C)C)cc2)cn1C. The van der Waals surface area contributed by atoms with E-state index in [4.69, 9.17) is 4.74 Å². The number of ether oxygens (including phenoxy) is 1. The number of rotatable bonds is 8. The topological polar surface area (TPSA) is 102 Å². The van der Waals surface area contributed by atoms with E-state index in [1.807, 2.05) is 4.83 Å². The predicted octanol–water partition coefficient (Wildman–Crippen LogP) is 1.78. The molecule has 0 aliphatic rings. The summed E-state index contributed by atoms with van der Waals surface area (Å²) in [6.45, 7) is 6.52. The lowest BCUT2D eigenvalue weighted by atomic mass is 10.1. The lowest BCUT2D eigenvalue weighted by molar-refractivity contribution is 0.0945. The maximum atomic E-state index is 12.1. The lowest BCUT2D eigenvalue weighted by Crippen LogP contribution is -2.41. The van der Waals surface area contributed by atoms with Gasteiger partial charge in [-0.15, -0.1) is 4.83 Å². The Morgan fingerprint density at radius 3 is 2.46 bits per heavy atom. The van der Waals surface area contributed by atoms with Crippen molar-refractivity contribution in [2.45, 2.75) is 32.2 Å². The Morgan fingerprint density at radius 1 is 1.27 bits per heavy atom. The molecular formula is C17H24N4O4S. The summed E-state index contributed by atoms with van der Waals surface area (Å²) >= 11 is 0. The normalized spacial score (nSPS) is 11.6. The van der Waals surface area contributed by atoms with Crippen LogP contribution in [-0.2, 0) is 17.1 Å². The van der Waals surface area contributed by atoms with Crippen LogP contribution < -0.4 is 15.0 Å². The molecule has 2 aromatic rings. The fourth-order valence-corrected chi connectivity index (χ4v) is 2.89. The molecule has 8 nitrogen and oxygen atoms in total. The molecule has 0 atom stereocenters. The second-order valence-corrected chi connectivity index (χ2v) is 7.98. The molecule has 1 aromatic carbocycles. The van der Waals surface area contributed by atoms with Crippen LogP contribution in [0.25, 0.3) is 0 Å². The Morgan fingerprint density at radius 2 is 1.92 bits per heavy atom. The fourth-order valence-electron chi connectivity index (χ4n) is 2.01. The van der Waals surface area contributed by atoms with Gasteiger partial charge in [0, 0.05) is 18.8 Å². The second-order valence-electron chi connectivity index (χ2n) is 6.35. The molecule has 0 radical (unpaired) electrons. The molecule has 26 heavy (non-hydrogen) atoms. The zero-order valence-corrected chi connectivity index (χ0v) is 16.1. The largest absolute Gasteiger partial charge is 0.494 e. The molecule has 0 bridgehead atoms. The third-order valence-electron chi connectivity index (χ3n) is 3.74. The van der Waals surface area contributed by atoms with Crippen molar-refractivity contribution in [1.82, 2.24) is 19.8 Å². The molecule has 0 aliphatic carbocycles. The minimum atomic E-state index is -3.93. The summed E-state index contributed by atoms with van der Waals surface area (Å²) in [4.78, 5) is 18.1. The van der Waals surface area contributed by atoms with E-state index < -0.39 is 15.9 Å². The summed E-state index contributed by atoms with van der Waals surface area (Å²) < 4.78 is 31.4. The minimum Gasteiger partial charge on any atom is -0.494 e. The molecule has 142 valence electrons. The zero-order valence-electron chi connectivity index (χ0n) is 15.3. The highest BCUT2D eigenvalue weighted by Crippen LogP contribution is 2.13. The van der Waals surface area contributed by atoms with Crippen LogP contribution in [0.15, 0.2) is 35.5 Å². The highest BCUT2D eigenvalue weighted by molar-refractivity contribution is 7.89. The smallest absolute Gasteiger partial charge is 0.276 e.